The average Bonchev–Trinajstić information content (AvgIpc) is 3.26. The van der Waals surface area contributed by atoms with Crippen LogP contribution in [0.5, 0.6) is 5.75 Å². The fourth-order valence-corrected chi connectivity index (χ4v) is 4.70. The maximum absolute atomic E-state index is 13.2. The van der Waals surface area contributed by atoms with Crippen LogP contribution in [0.3, 0.4) is 0 Å². The highest BCUT2D eigenvalue weighted by atomic mass is 32.1. The van der Waals surface area contributed by atoms with Gasteiger partial charge in [0.15, 0.2) is 6.10 Å². The number of carbonyl (C=O) groups is 2. The first-order chi connectivity index (χ1) is 12.7. The molecule has 1 N–H and O–H groups in total. The summed E-state index contributed by atoms with van der Waals surface area (Å²) in [5, 5.41) is 2.86. The van der Waals surface area contributed by atoms with Crippen molar-refractivity contribution in [3.05, 3.63) is 45.6 Å². The minimum atomic E-state index is -0.688. The number of hydrogen-bond acceptors (Lipinski definition) is 4. The summed E-state index contributed by atoms with van der Waals surface area (Å²) in [7, 11) is 0. The molecule has 5 nitrogen and oxygen atoms in total. The van der Waals surface area contributed by atoms with Crippen LogP contribution in [0.15, 0.2) is 30.3 Å². The zero-order valence-corrected chi connectivity index (χ0v) is 15.6. The van der Waals surface area contributed by atoms with Crippen LogP contribution < -0.4 is 15.0 Å². The first-order valence-corrected chi connectivity index (χ1v) is 9.96. The molecule has 2 heterocycles. The van der Waals surface area contributed by atoms with Gasteiger partial charge in [0.05, 0.1) is 17.1 Å². The number of nitrogens with one attached hydrogen (secondary N) is 1. The lowest BCUT2D eigenvalue weighted by Crippen LogP contribution is -2.50. The van der Waals surface area contributed by atoms with Crippen LogP contribution in [0.1, 0.15) is 39.9 Å². The summed E-state index contributed by atoms with van der Waals surface area (Å²) < 4.78 is 5.87. The highest BCUT2D eigenvalue weighted by Gasteiger charge is 2.35. The van der Waals surface area contributed by atoms with E-state index in [-0.39, 0.29) is 18.4 Å². The molecule has 0 fully saturated rings. The third-order valence-corrected chi connectivity index (χ3v) is 6.04. The van der Waals surface area contributed by atoms with Gasteiger partial charge in [0.2, 0.25) is 0 Å². The molecule has 0 spiro atoms. The van der Waals surface area contributed by atoms with Crippen LogP contribution in [-0.2, 0) is 17.6 Å². The maximum atomic E-state index is 13.2. The summed E-state index contributed by atoms with van der Waals surface area (Å²) in [6, 6.07) is 9.44. The van der Waals surface area contributed by atoms with E-state index in [1.54, 1.807) is 16.2 Å². The second-order valence-electron chi connectivity index (χ2n) is 6.69. The van der Waals surface area contributed by atoms with Gasteiger partial charge in [-0.3, -0.25) is 14.5 Å². The van der Waals surface area contributed by atoms with Gasteiger partial charge in [-0.25, -0.2) is 0 Å². The van der Waals surface area contributed by atoms with Crippen molar-refractivity contribution in [2.45, 2.75) is 38.7 Å². The Morgan fingerprint density at radius 2 is 2.15 bits per heavy atom. The van der Waals surface area contributed by atoms with Crippen molar-refractivity contribution in [3.8, 4) is 5.75 Å². The Labute approximate surface area is 157 Å². The lowest BCUT2D eigenvalue weighted by molar-refractivity contribution is -0.127. The van der Waals surface area contributed by atoms with Crippen LogP contribution in [-0.4, -0.2) is 31.0 Å². The Morgan fingerprint density at radius 1 is 1.31 bits per heavy atom. The number of hydrogen-bond donors (Lipinski definition) is 1. The van der Waals surface area contributed by atoms with Crippen molar-refractivity contribution < 1.29 is 14.3 Å². The number of nitrogens with zero attached hydrogens (tertiary/aromatic N) is 1. The van der Waals surface area contributed by atoms with Gasteiger partial charge < -0.3 is 10.1 Å². The van der Waals surface area contributed by atoms with E-state index in [0.29, 0.717) is 12.3 Å². The van der Waals surface area contributed by atoms with E-state index in [4.69, 9.17) is 4.74 Å². The zero-order chi connectivity index (χ0) is 18.1. The Hall–Kier alpha value is -2.34. The lowest BCUT2D eigenvalue weighted by atomic mass is 10.1. The van der Waals surface area contributed by atoms with Crippen molar-refractivity contribution in [1.29, 1.82) is 0 Å². The summed E-state index contributed by atoms with van der Waals surface area (Å²) in [5.74, 6) is 0.356. The maximum Gasteiger partial charge on any atom is 0.268 e. The fraction of sp³-hybridized carbons (Fsp3) is 0.400. The molecule has 0 saturated carbocycles. The van der Waals surface area contributed by atoms with Crippen LogP contribution in [0.4, 0.5) is 5.69 Å². The van der Waals surface area contributed by atoms with E-state index >= 15 is 0 Å². The smallest absolute Gasteiger partial charge is 0.268 e. The minimum absolute atomic E-state index is 0.0477. The predicted molar refractivity (Wildman–Crippen MR) is 102 cm³/mol. The van der Waals surface area contributed by atoms with Gasteiger partial charge >= 0.3 is 0 Å². The Bertz CT molecular complexity index is 824. The van der Waals surface area contributed by atoms with Gasteiger partial charge in [-0.1, -0.05) is 19.1 Å². The number of fused-ring (bicyclic) bond motifs is 2. The average molecular weight is 370 g/mol. The standard InChI is InChI=1S/C20H22N2O3S/c1-2-10-21-19(23)16-12-22(14-7-3-4-8-15(14)25-16)20(24)18-11-13-6-5-9-17(13)26-18/h3-4,7-8,11,16H,2,5-6,9-10,12H2,1H3,(H,21,23)/t16-/m1/s1. The Balaban J connectivity index is 1.62. The van der Waals surface area contributed by atoms with Crippen LogP contribution in [0.25, 0.3) is 0 Å². The van der Waals surface area contributed by atoms with Gasteiger partial charge in [0, 0.05) is 11.4 Å². The molecule has 1 aliphatic heterocycles. The van der Waals surface area contributed by atoms with Gasteiger partial charge in [-0.05, 0) is 49.4 Å². The summed E-state index contributed by atoms with van der Waals surface area (Å²) in [5.41, 5.74) is 2.03. The van der Waals surface area contributed by atoms with E-state index in [1.807, 2.05) is 37.3 Å². The summed E-state index contributed by atoms with van der Waals surface area (Å²) in [6.45, 7) is 2.84. The molecule has 1 aromatic heterocycles. The van der Waals surface area contributed by atoms with Crippen molar-refractivity contribution in [2.24, 2.45) is 0 Å². The Morgan fingerprint density at radius 3 is 2.96 bits per heavy atom. The third-order valence-electron chi connectivity index (χ3n) is 4.82. The van der Waals surface area contributed by atoms with Gasteiger partial charge in [0.1, 0.15) is 5.75 Å². The summed E-state index contributed by atoms with van der Waals surface area (Å²) in [4.78, 5) is 29.4. The van der Waals surface area contributed by atoms with Gasteiger partial charge in [0.25, 0.3) is 11.8 Å². The molecule has 2 amide bonds. The molecular weight excluding hydrogens is 348 g/mol. The van der Waals surface area contributed by atoms with Gasteiger partial charge in [-0.2, -0.15) is 0 Å². The van der Waals surface area contributed by atoms with Crippen LogP contribution in [0.2, 0.25) is 0 Å². The highest BCUT2D eigenvalue weighted by Crippen LogP contribution is 2.36. The molecular formula is C20H22N2O3S. The van der Waals surface area contributed by atoms with Crippen molar-refractivity contribution in [1.82, 2.24) is 5.32 Å². The van der Waals surface area contributed by atoms with Crippen LogP contribution in [0, 0.1) is 0 Å². The number of carbonyl (C=O) groups excluding carboxylic acids is 2. The van der Waals surface area contributed by atoms with Crippen molar-refractivity contribution in [2.75, 3.05) is 18.0 Å². The van der Waals surface area contributed by atoms with E-state index < -0.39 is 6.10 Å². The first-order valence-electron chi connectivity index (χ1n) is 9.14. The van der Waals surface area contributed by atoms with E-state index in [9.17, 15) is 9.59 Å². The quantitative estimate of drug-likeness (QED) is 0.899. The highest BCUT2D eigenvalue weighted by molar-refractivity contribution is 7.14. The molecule has 136 valence electrons. The predicted octanol–water partition coefficient (Wildman–Crippen LogP) is 3.17. The van der Waals surface area contributed by atoms with E-state index in [0.717, 1.165) is 29.8 Å². The molecule has 1 atom stereocenters. The number of rotatable bonds is 4. The molecule has 0 unspecified atom stereocenters. The molecule has 1 aromatic carbocycles. The molecule has 0 bridgehead atoms. The Kier molecular flexibility index (Phi) is 4.68. The summed E-state index contributed by atoms with van der Waals surface area (Å²) in [6.07, 6.45) is 3.47. The van der Waals surface area contributed by atoms with Crippen molar-refractivity contribution >= 4 is 28.8 Å². The molecule has 2 aliphatic rings. The zero-order valence-electron chi connectivity index (χ0n) is 14.8. The number of benzene rings is 1. The molecule has 1 aliphatic carbocycles. The number of aryl methyl sites for hydroxylation is 2. The van der Waals surface area contributed by atoms with Crippen molar-refractivity contribution in [3.63, 3.8) is 0 Å². The molecule has 6 heteroatoms. The largest absolute Gasteiger partial charge is 0.477 e. The minimum Gasteiger partial charge on any atom is -0.477 e. The number of thiophene rings is 1. The number of para-hydroxylation sites is 2. The lowest BCUT2D eigenvalue weighted by Gasteiger charge is -2.34. The molecule has 2 aromatic rings. The molecule has 4 rings (SSSR count). The number of anilines is 1. The third kappa shape index (κ3) is 3.09. The molecule has 0 saturated heterocycles. The SMILES string of the molecule is CCCNC(=O)[C@H]1CN(C(=O)c2cc3c(s2)CCC3)c2ccccc2O1. The van der Waals surface area contributed by atoms with Gasteiger partial charge in [-0.15, -0.1) is 11.3 Å². The number of ether oxygens (including phenoxy) is 1. The molecule has 26 heavy (non-hydrogen) atoms. The summed E-state index contributed by atoms with van der Waals surface area (Å²) >= 11 is 1.59. The van der Waals surface area contributed by atoms with E-state index in [2.05, 4.69) is 5.32 Å². The molecule has 0 radical (unpaired) electrons. The monoisotopic (exact) mass is 370 g/mol. The van der Waals surface area contributed by atoms with E-state index in [1.165, 1.54) is 16.9 Å². The van der Waals surface area contributed by atoms with Crippen LogP contribution >= 0.6 is 11.3 Å². The first kappa shape index (κ1) is 17.1. The normalized spacial score (nSPS) is 18.0. The second kappa shape index (κ2) is 7.11. The topological polar surface area (TPSA) is 58.6 Å². The fourth-order valence-electron chi connectivity index (χ4n) is 3.49. The number of amides is 2. The second-order valence-corrected chi connectivity index (χ2v) is 7.83.